The zero-order chi connectivity index (χ0) is 12.8. The van der Waals surface area contributed by atoms with E-state index in [0.717, 1.165) is 11.1 Å². The average Bonchev–Trinajstić information content (AvgIpc) is 2.26. The van der Waals surface area contributed by atoms with Gasteiger partial charge in [-0.1, -0.05) is 29.8 Å². The van der Waals surface area contributed by atoms with E-state index >= 15 is 0 Å². The van der Waals surface area contributed by atoms with E-state index in [1.54, 1.807) is 0 Å². The first kappa shape index (κ1) is 13.5. The monoisotopic (exact) mass is 254 g/mol. The zero-order valence-electron chi connectivity index (χ0n) is 9.79. The van der Waals surface area contributed by atoms with Gasteiger partial charge in [0.25, 0.3) is 0 Å². The Morgan fingerprint density at radius 3 is 2.71 bits per heavy atom. The highest BCUT2D eigenvalue weighted by molar-refractivity contribution is 6.31. The Labute approximate surface area is 105 Å². The van der Waals surface area contributed by atoms with Crippen molar-refractivity contribution in [1.29, 1.82) is 0 Å². The van der Waals surface area contributed by atoms with Gasteiger partial charge in [-0.25, -0.2) is 4.79 Å². The Bertz CT molecular complexity index is 419. The summed E-state index contributed by atoms with van der Waals surface area (Å²) in [6, 6.07) is 7.22. The number of hydrogen-bond donors (Lipinski definition) is 2. The number of hydrogen-bond acceptors (Lipinski definition) is 2. The number of aryl methyl sites for hydroxylation is 1. The molecule has 0 saturated carbocycles. The number of rotatable bonds is 3. The summed E-state index contributed by atoms with van der Waals surface area (Å²) in [6.07, 6.45) is 0. The molecule has 1 atom stereocenters. The molecule has 0 aromatic heterocycles. The first-order valence-corrected chi connectivity index (χ1v) is 5.71. The molecule has 1 aromatic rings. The first-order valence-electron chi connectivity index (χ1n) is 5.27. The van der Waals surface area contributed by atoms with Crippen LogP contribution in [-0.2, 0) is 11.3 Å². The maximum Gasteiger partial charge on any atom is 0.321 e. The van der Waals surface area contributed by atoms with Crippen molar-refractivity contribution in [2.45, 2.75) is 25.8 Å². The molecule has 4 nitrogen and oxygen atoms in total. The Balaban J connectivity index is 2.41. The molecule has 1 unspecified atom stereocenters. The van der Waals surface area contributed by atoms with E-state index in [-0.39, 0.29) is 0 Å². The summed E-state index contributed by atoms with van der Waals surface area (Å²) in [6.45, 7) is 3.85. The molecule has 0 saturated heterocycles. The number of benzene rings is 1. The molecule has 5 heteroatoms. The molecule has 1 rings (SSSR count). The third-order valence-corrected chi connectivity index (χ3v) is 2.33. The SMILES string of the molecule is Cc1cccc(CNC(=O)NC(=O)C(C)Cl)c1. The average molecular weight is 255 g/mol. The third-order valence-electron chi connectivity index (χ3n) is 2.13. The van der Waals surface area contributed by atoms with E-state index in [2.05, 4.69) is 10.6 Å². The Morgan fingerprint density at radius 1 is 1.41 bits per heavy atom. The molecule has 92 valence electrons. The molecule has 0 bridgehead atoms. The lowest BCUT2D eigenvalue weighted by atomic mass is 10.1. The number of halogens is 1. The molecule has 0 radical (unpaired) electrons. The molecule has 0 aliphatic rings. The van der Waals surface area contributed by atoms with Crippen molar-refractivity contribution in [3.05, 3.63) is 35.4 Å². The summed E-state index contributed by atoms with van der Waals surface area (Å²) >= 11 is 5.52. The Hall–Kier alpha value is -1.55. The highest BCUT2D eigenvalue weighted by atomic mass is 35.5. The van der Waals surface area contributed by atoms with Gasteiger partial charge < -0.3 is 5.32 Å². The quantitative estimate of drug-likeness (QED) is 0.810. The molecule has 2 N–H and O–H groups in total. The smallest absolute Gasteiger partial charge is 0.321 e. The van der Waals surface area contributed by atoms with Crippen LogP contribution < -0.4 is 10.6 Å². The lowest BCUT2D eigenvalue weighted by Crippen LogP contribution is -2.41. The lowest BCUT2D eigenvalue weighted by Gasteiger charge is -2.08. The molecule has 0 heterocycles. The fraction of sp³-hybridized carbons (Fsp3) is 0.333. The maximum atomic E-state index is 11.3. The second-order valence-electron chi connectivity index (χ2n) is 3.78. The number of carbonyl (C=O) groups excluding carboxylic acids is 2. The Morgan fingerprint density at radius 2 is 2.12 bits per heavy atom. The van der Waals surface area contributed by atoms with Crippen LogP contribution in [0.5, 0.6) is 0 Å². The minimum absolute atomic E-state index is 0.372. The number of nitrogens with one attached hydrogen (secondary N) is 2. The van der Waals surface area contributed by atoms with Crippen LogP contribution in [-0.4, -0.2) is 17.3 Å². The second-order valence-corrected chi connectivity index (χ2v) is 4.43. The zero-order valence-corrected chi connectivity index (χ0v) is 10.5. The molecule has 3 amide bonds. The van der Waals surface area contributed by atoms with Crippen molar-refractivity contribution < 1.29 is 9.59 Å². The minimum atomic E-state index is -0.722. The fourth-order valence-corrected chi connectivity index (χ4v) is 1.31. The summed E-state index contributed by atoms with van der Waals surface area (Å²) in [5.74, 6) is -0.506. The highest BCUT2D eigenvalue weighted by Crippen LogP contribution is 2.03. The molecule has 1 aromatic carbocycles. The van der Waals surface area contributed by atoms with Crippen molar-refractivity contribution in [3.63, 3.8) is 0 Å². The summed E-state index contributed by atoms with van der Waals surface area (Å²) < 4.78 is 0. The number of urea groups is 1. The second kappa shape index (κ2) is 6.25. The van der Waals surface area contributed by atoms with Crippen molar-refractivity contribution in [2.75, 3.05) is 0 Å². The molecule has 0 spiro atoms. The molecule has 0 aliphatic heterocycles. The van der Waals surface area contributed by atoms with E-state index in [1.165, 1.54) is 6.92 Å². The molecular weight excluding hydrogens is 240 g/mol. The topological polar surface area (TPSA) is 58.2 Å². The van der Waals surface area contributed by atoms with E-state index in [9.17, 15) is 9.59 Å². The molecule has 17 heavy (non-hydrogen) atoms. The van der Waals surface area contributed by atoms with Crippen LogP contribution in [0.2, 0.25) is 0 Å². The van der Waals surface area contributed by atoms with Crippen molar-refractivity contribution in [1.82, 2.24) is 10.6 Å². The van der Waals surface area contributed by atoms with Gasteiger partial charge in [0.1, 0.15) is 5.38 Å². The van der Waals surface area contributed by atoms with Crippen molar-refractivity contribution >= 4 is 23.5 Å². The van der Waals surface area contributed by atoms with E-state index in [1.807, 2.05) is 31.2 Å². The van der Waals surface area contributed by atoms with Crippen molar-refractivity contribution in [2.24, 2.45) is 0 Å². The lowest BCUT2D eigenvalue weighted by molar-refractivity contribution is -0.119. The standard InChI is InChI=1S/C12H15ClN2O2/c1-8-4-3-5-10(6-8)7-14-12(17)15-11(16)9(2)13/h3-6,9H,7H2,1-2H3,(H2,14,15,16,17). The predicted molar refractivity (Wildman–Crippen MR) is 66.9 cm³/mol. The van der Waals surface area contributed by atoms with Crippen LogP contribution >= 0.6 is 11.6 Å². The van der Waals surface area contributed by atoms with Gasteiger partial charge >= 0.3 is 6.03 Å². The van der Waals surface area contributed by atoms with Gasteiger partial charge in [-0.05, 0) is 19.4 Å². The molecule has 0 aliphatic carbocycles. The normalized spacial score (nSPS) is 11.7. The van der Waals surface area contributed by atoms with Crippen LogP contribution in [0.1, 0.15) is 18.1 Å². The minimum Gasteiger partial charge on any atom is -0.334 e. The summed E-state index contributed by atoms with van der Waals surface area (Å²) in [5, 5.41) is 4.00. The van der Waals surface area contributed by atoms with Crippen LogP contribution in [0.3, 0.4) is 0 Å². The van der Waals surface area contributed by atoms with Gasteiger partial charge in [0.05, 0.1) is 0 Å². The molecule has 0 fully saturated rings. The van der Waals surface area contributed by atoms with Gasteiger partial charge in [0.2, 0.25) is 5.91 Å². The molecular formula is C12H15ClN2O2. The summed E-state index contributed by atoms with van der Waals surface area (Å²) in [4.78, 5) is 22.4. The van der Waals surface area contributed by atoms with Gasteiger partial charge in [0, 0.05) is 6.54 Å². The summed E-state index contributed by atoms with van der Waals surface area (Å²) in [7, 11) is 0. The maximum absolute atomic E-state index is 11.3. The number of alkyl halides is 1. The van der Waals surface area contributed by atoms with Crippen molar-refractivity contribution in [3.8, 4) is 0 Å². The Kier molecular flexibility index (Phi) is 4.97. The van der Waals surface area contributed by atoms with Gasteiger partial charge in [-0.2, -0.15) is 0 Å². The van der Waals surface area contributed by atoms with E-state index in [4.69, 9.17) is 11.6 Å². The van der Waals surface area contributed by atoms with E-state index in [0.29, 0.717) is 6.54 Å². The van der Waals surface area contributed by atoms with Gasteiger partial charge in [0.15, 0.2) is 0 Å². The van der Waals surface area contributed by atoms with Gasteiger partial charge in [-0.15, -0.1) is 11.6 Å². The number of carbonyl (C=O) groups is 2. The van der Waals surface area contributed by atoms with Crippen LogP contribution in [0.25, 0.3) is 0 Å². The van der Waals surface area contributed by atoms with Crippen LogP contribution in [0, 0.1) is 6.92 Å². The predicted octanol–water partition coefficient (Wildman–Crippen LogP) is 1.95. The highest BCUT2D eigenvalue weighted by Gasteiger charge is 2.12. The number of amides is 3. The van der Waals surface area contributed by atoms with Gasteiger partial charge in [-0.3, -0.25) is 10.1 Å². The fourth-order valence-electron chi connectivity index (χ4n) is 1.26. The van der Waals surface area contributed by atoms with Crippen LogP contribution in [0.15, 0.2) is 24.3 Å². The van der Waals surface area contributed by atoms with E-state index < -0.39 is 17.3 Å². The summed E-state index contributed by atoms with van der Waals surface area (Å²) in [5.41, 5.74) is 2.10. The first-order chi connectivity index (χ1) is 7.99. The third kappa shape index (κ3) is 4.87. The van der Waals surface area contributed by atoms with Crippen LogP contribution in [0.4, 0.5) is 4.79 Å². The number of imide groups is 1. The largest absolute Gasteiger partial charge is 0.334 e.